The summed E-state index contributed by atoms with van der Waals surface area (Å²) in [6.45, 7) is 21.8. The van der Waals surface area contributed by atoms with Gasteiger partial charge in [-0.05, 0) is 52.3 Å². The van der Waals surface area contributed by atoms with E-state index in [1.807, 2.05) is 47.7 Å². The van der Waals surface area contributed by atoms with Gasteiger partial charge in [0.15, 0.2) is 5.65 Å². The summed E-state index contributed by atoms with van der Waals surface area (Å²) in [5.74, 6) is 1.22. The number of pyridine rings is 2. The van der Waals surface area contributed by atoms with Crippen molar-refractivity contribution >= 4 is 22.9 Å². The van der Waals surface area contributed by atoms with E-state index in [0.29, 0.717) is 35.4 Å². The van der Waals surface area contributed by atoms with Gasteiger partial charge in [0.1, 0.15) is 17.3 Å². The van der Waals surface area contributed by atoms with Crippen molar-refractivity contribution in [2.24, 2.45) is 0 Å². The molecule has 3 aromatic heterocycles. The molecule has 0 aromatic carbocycles. The fourth-order valence-electron chi connectivity index (χ4n) is 4.43. The number of methoxy groups -OCH3 is 1. The van der Waals surface area contributed by atoms with Crippen LogP contribution in [0.2, 0.25) is 0 Å². The number of hydrogen-bond acceptors (Lipinski definition) is 7. The van der Waals surface area contributed by atoms with Gasteiger partial charge in [-0.3, -0.25) is 9.78 Å². The lowest BCUT2D eigenvalue weighted by atomic mass is 10.0. The molecule has 1 N–H and O–H groups in total. The van der Waals surface area contributed by atoms with Crippen LogP contribution >= 0.6 is 0 Å². The molecule has 1 amide bonds. The van der Waals surface area contributed by atoms with E-state index in [4.69, 9.17) is 4.74 Å². The predicted octanol–water partition coefficient (Wildman–Crippen LogP) is 6.32. The first kappa shape index (κ1) is 34.8. The normalized spacial score (nSPS) is 14.7. The van der Waals surface area contributed by atoms with Gasteiger partial charge in [0, 0.05) is 55.7 Å². The first-order valence-corrected chi connectivity index (χ1v) is 14.9. The topological polar surface area (TPSA) is 87.9 Å². The summed E-state index contributed by atoms with van der Waals surface area (Å²) < 4.78 is 6.87. The smallest absolute Gasteiger partial charge is 0.224 e. The number of amides is 1. The van der Waals surface area contributed by atoms with Crippen LogP contribution in [0.4, 0.5) is 11.4 Å². The molecule has 224 valence electrons. The Morgan fingerprint density at radius 2 is 1.82 bits per heavy atom. The van der Waals surface area contributed by atoms with Crippen LogP contribution in [0.15, 0.2) is 24.5 Å². The number of fused-ring (bicyclic) bond motifs is 1. The van der Waals surface area contributed by atoms with Gasteiger partial charge in [-0.1, -0.05) is 48.0 Å². The summed E-state index contributed by atoms with van der Waals surface area (Å²) in [5, 5.41) is 7.01. The number of aryl methyl sites for hydroxylation is 2. The zero-order chi connectivity index (χ0) is 30.2. The third-order valence-electron chi connectivity index (χ3n) is 6.56. The second-order valence-electron chi connectivity index (χ2n) is 9.44. The number of piperazine rings is 1. The Kier molecular flexibility index (Phi) is 15.9. The second-order valence-corrected chi connectivity index (χ2v) is 9.44. The summed E-state index contributed by atoms with van der Waals surface area (Å²) in [6.07, 6.45) is 7.27. The number of hydrogen-bond donors (Lipinski definition) is 1. The number of likely N-dealkylation sites (N-methyl/N-ethyl adjacent to an activating group) is 1. The average Bonchev–Trinajstić information content (AvgIpc) is 3.32. The molecule has 0 saturated carbocycles. The standard InChI is InChI=1S/C15H25N3.C12H16N4O2.2C2H6/c1-5-6-14-13(3)16-8-7-15(14)18-10-9-17(4)12(2)11-18;1-4-5-12(17)14-9-7-16-11(6-10(9)18-3)13-8(2)15-16;2*1-2/h7-8,12H,5-6,9-11H2,1-4H3;6-7H,4-5H2,1-3H3,(H,14,17);2*1-2H3. The van der Waals surface area contributed by atoms with E-state index in [0.717, 1.165) is 32.5 Å². The maximum Gasteiger partial charge on any atom is 0.224 e. The molecule has 40 heavy (non-hydrogen) atoms. The van der Waals surface area contributed by atoms with Crippen LogP contribution in [0.25, 0.3) is 5.65 Å². The van der Waals surface area contributed by atoms with Crippen LogP contribution < -0.4 is 15.0 Å². The Morgan fingerprint density at radius 1 is 1.12 bits per heavy atom. The van der Waals surface area contributed by atoms with Crippen molar-refractivity contribution < 1.29 is 9.53 Å². The van der Waals surface area contributed by atoms with Crippen LogP contribution in [0.3, 0.4) is 0 Å². The molecule has 1 unspecified atom stereocenters. The van der Waals surface area contributed by atoms with Gasteiger partial charge < -0.3 is 19.9 Å². The van der Waals surface area contributed by atoms with Gasteiger partial charge in [0.05, 0.1) is 13.3 Å². The fourth-order valence-corrected chi connectivity index (χ4v) is 4.43. The molecular formula is C31H53N7O2. The zero-order valence-electron chi connectivity index (χ0n) is 26.8. The van der Waals surface area contributed by atoms with Gasteiger partial charge in [-0.15, -0.1) is 0 Å². The van der Waals surface area contributed by atoms with Gasteiger partial charge in [-0.2, -0.15) is 5.10 Å². The molecule has 1 saturated heterocycles. The van der Waals surface area contributed by atoms with Gasteiger partial charge in [-0.25, -0.2) is 9.50 Å². The van der Waals surface area contributed by atoms with E-state index in [2.05, 4.69) is 64.1 Å². The van der Waals surface area contributed by atoms with E-state index in [9.17, 15) is 4.79 Å². The highest BCUT2D eigenvalue weighted by molar-refractivity contribution is 5.92. The summed E-state index contributed by atoms with van der Waals surface area (Å²) in [4.78, 5) is 25.3. The van der Waals surface area contributed by atoms with E-state index in [1.54, 1.807) is 23.9 Å². The van der Waals surface area contributed by atoms with Crippen molar-refractivity contribution in [1.82, 2.24) is 24.5 Å². The first-order valence-electron chi connectivity index (χ1n) is 14.9. The largest absolute Gasteiger partial charge is 0.494 e. The van der Waals surface area contributed by atoms with Crippen molar-refractivity contribution in [3.05, 3.63) is 41.6 Å². The monoisotopic (exact) mass is 555 g/mol. The number of rotatable bonds is 7. The molecule has 0 spiro atoms. The van der Waals surface area contributed by atoms with Crippen LogP contribution in [-0.4, -0.2) is 70.2 Å². The molecule has 1 aliphatic rings. The number of ether oxygens (including phenoxy) is 1. The Hall–Kier alpha value is -3.20. The van der Waals surface area contributed by atoms with Crippen molar-refractivity contribution in [2.45, 2.75) is 94.0 Å². The molecule has 4 heterocycles. The fraction of sp³-hybridized carbons (Fsp3) is 0.613. The second kappa shape index (κ2) is 18.2. The predicted molar refractivity (Wildman–Crippen MR) is 168 cm³/mol. The summed E-state index contributed by atoms with van der Waals surface area (Å²) in [5.41, 5.74) is 5.34. The molecule has 1 atom stereocenters. The SMILES string of the molecule is CC.CC.CCCC(=O)Nc1cn2nc(C)nc2cc1OC.CCCc1c(N2CCN(C)C(C)C2)ccnc1C. The van der Waals surface area contributed by atoms with Crippen molar-refractivity contribution in [1.29, 1.82) is 0 Å². The first-order chi connectivity index (χ1) is 19.3. The zero-order valence-corrected chi connectivity index (χ0v) is 26.8. The highest BCUT2D eigenvalue weighted by Crippen LogP contribution is 2.26. The van der Waals surface area contributed by atoms with E-state index in [1.165, 1.54) is 23.4 Å². The third kappa shape index (κ3) is 9.77. The van der Waals surface area contributed by atoms with Crippen molar-refractivity contribution in [3.8, 4) is 5.75 Å². The van der Waals surface area contributed by atoms with E-state index < -0.39 is 0 Å². The Morgan fingerprint density at radius 3 is 2.42 bits per heavy atom. The molecular weight excluding hydrogens is 502 g/mol. The summed E-state index contributed by atoms with van der Waals surface area (Å²) in [7, 11) is 3.78. The van der Waals surface area contributed by atoms with Crippen LogP contribution in [0.1, 0.15) is 84.8 Å². The van der Waals surface area contributed by atoms with Crippen LogP contribution in [-0.2, 0) is 11.2 Å². The number of aromatic nitrogens is 4. The molecule has 9 heteroatoms. The number of carbonyl (C=O) groups excluding carboxylic acids is 1. The quantitative estimate of drug-likeness (QED) is 0.365. The molecule has 1 aliphatic heterocycles. The Balaban J connectivity index is 0.000000356. The lowest BCUT2D eigenvalue weighted by molar-refractivity contribution is -0.116. The summed E-state index contributed by atoms with van der Waals surface area (Å²) in [6, 6.07) is 4.57. The Labute approximate surface area is 242 Å². The molecule has 0 bridgehead atoms. The minimum Gasteiger partial charge on any atom is -0.494 e. The van der Waals surface area contributed by atoms with Crippen LogP contribution in [0, 0.1) is 13.8 Å². The minimum atomic E-state index is -0.0352. The summed E-state index contributed by atoms with van der Waals surface area (Å²) >= 11 is 0. The highest BCUT2D eigenvalue weighted by Gasteiger charge is 2.22. The van der Waals surface area contributed by atoms with Crippen LogP contribution in [0.5, 0.6) is 5.75 Å². The number of nitrogens with zero attached hydrogens (tertiary/aromatic N) is 6. The maximum atomic E-state index is 11.6. The number of nitrogens with one attached hydrogen (secondary N) is 1. The molecule has 0 aliphatic carbocycles. The molecule has 0 radical (unpaired) electrons. The van der Waals surface area contributed by atoms with Gasteiger partial charge in [0.25, 0.3) is 0 Å². The van der Waals surface area contributed by atoms with E-state index >= 15 is 0 Å². The lowest BCUT2D eigenvalue weighted by Gasteiger charge is -2.40. The number of carbonyl (C=O) groups is 1. The van der Waals surface area contributed by atoms with E-state index in [-0.39, 0.29) is 5.91 Å². The molecule has 1 fully saturated rings. The lowest BCUT2D eigenvalue weighted by Crippen LogP contribution is -2.50. The Bertz CT molecular complexity index is 1160. The van der Waals surface area contributed by atoms with Crippen molar-refractivity contribution in [3.63, 3.8) is 0 Å². The van der Waals surface area contributed by atoms with Gasteiger partial charge in [0.2, 0.25) is 5.91 Å². The molecule has 9 nitrogen and oxygen atoms in total. The average molecular weight is 556 g/mol. The number of anilines is 2. The highest BCUT2D eigenvalue weighted by atomic mass is 16.5. The molecule has 3 aromatic rings. The molecule has 4 rings (SSSR count). The third-order valence-corrected chi connectivity index (χ3v) is 6.56. The van der Waals surface area contributed by atoms with Gasteiger partial charge >= 0.3 is 0 Å². The minimum absolute atomic E-state index is 0.0352. The van der Waals surface area contributed by atoms with Crippen molar-refractivity contribution in [2.75, 3.05) is 44.0 Å². The maximum absolute atomic E-state index is 11.6.